The largest absolute Gasteiger partial charge is 0.491 e. The van der Waals surface area contributed by atoms with Crippen molar-refractivity contribution in [3.63, 3.8) is 0 Å². The third-order valence-corrected chi connectivity index (χ3v) is 4.32. The van der Waals surface area contributed by atoms with Crippen LogP contribution >= 0.6 is 0 Å². The first-order chi connectivity index (χ1) is 13.0. The summed E-state index contributed by atoms with van der Waals surface area (Å²) in [6.45, 7) is 5.10. The maximum Gasteiger partial charge on any atom is 0.322 e. The van der Waals surface area contributed by atoms with Crippen LogP contribution < -0.4 is 10.1 Å². The average molecular weight is 368 g/mol. The summed E-state index contributed by atoms with van der Waals surface area (Å²) < 4.78 is 9.74. The lowest BCUT2D eigenvalue weighted by molar-refractivity contribution is -0.134. The summed E-state index contributed by atoms with van der Waals surface area (Å²) in [6.07, 6.45) is 3.50. The Morgan fingerprint density at radius 3 is 3.00 bits per heavy atom. The number of anilines is 1. The van der Waals surface area contributed by atoms with Crippen molar-refractivity contribution in [2.45, 2.75) is 26.4 Å². The van der Waals surface area contributed by atoms with E-state index in [0.717, 1.165) is 22.9 Å². The van der Waals surface area contributed by atoms with Crippen LogP contribution in [0.1, 0.15) is 19.9 Å². The van der Waals surface area contributed by atoms with Gasteiger partial charge in [-0.1, -0.05) is 0 Å². The van der Waals surface area contributed by atoms with Gasteiger partial charge in [-0.25, -0.2) is 14.6 Å². The number of nitrogens with one attached hydrogen (secondary N) is 1. The zero-order valence-corrected chi connectivity index (χ0v) is 15.1. The molecular weight excluding hydrogens is 348 g/mol. The number of nitrogens with zero attached hydrogens (tertiary/aromatic N) is 5. The number of carboxylic acid groups (broad SMARTS) is 1. The highest BCUT2D eigenvalue weighted by molar-refractivity contribution is 5.75. The lowest BCUT2D eigenvalue weighted by Gasteiger charge is -2.10. The molecule has 0 radical (unpaired) electrons. The minimum absolute atomic E-state index is 0.150. The number of aliphatic carboxylic acids is 1. The van der Waals surface area contributed by atoms with Gasteiger partial charge in [0.1, 0.15) is 36.7 Å². The van der Waals surface area contributed by atoms with Crippen molar-refractivity contribution in [1.82, 2.24) is 24.3 Å². The number of benzene rings is 1. The molecule has 0 saturated carbocycles. The Morgan fingerprint density at radius 1 is 1.37 bits per heavy atom. The van der Waals surface area contributed by atoms with E-state index >= 15 is 0 Å². The molecule has 0 bridgehead atoms. The first-order valence-electron chi connectivity index (χ1n) is 8.73. The number of carboxylic acids is 1. The fraction of sp³-hybridized carbons (Fsp3) is 0.333. The molecule has 1 aliphatic rings. The molecule has 0 fully saturated rings. The first-order valence-corrected chi connectivity index (χ1v) is 8.73. The van der Waals surface area contributed by atoms with Crippen molar-refractivity contribution in [3.8, 4) is 28.7 Å². The standard InChI is InChI=1S/C18H20N6O3/c1-11(2)24-18(20-10-21-24)14-9-23-5-6-27-15-7-12(19-8-16(25)26)3-4-13(15)17(23)22-14/h3-4,7,9-11,19H,5-6,8H2,1-2H3,(H,25,26). The molecule has 4 rings (SSSR count). The molecule has 27 heavy (non-hydrogen) atoms. The van der Waals surface area contributed by atoms with Crippen molar-refractivity contribution >= 4 is 11.7 Å². The molecule has 2 aromatic heterocycles. The fourth-order valence-corrected chi connectivity index (χ4v) is 3.09. The van der Waals surface area contributed by atoms with Gasteiger partial charge in [-0.2, -0.15) is 5.10 Å². The Kier molecular flexibility index (Phi) is 4.27. The normalized spacial score (nSPS) is 12.9. The van der Waals surface area contributed by atoms with Crippen LogP contribution in [0.4, 0.5) is 5.69 Å². The van der Waals surface area contributed by atoms with Crippen LogP contribution in [0.2, 0.25) is 0 Å². The van der Waals surface area contributed by atoms with Crippen LogP contribution in [0.5, 0.6) is 5.75 Å². The highest BCUT2D eigenvalue weighted by atomic mass is 16.5. The summed E-state index contributed by atoms with van der Waals surface area (Å²) in [5.74, 6) is 1.28. The number of fused-ring (bicyclic) bond motifs is 3. The summed E-state index contributed by atoms with van der Waals surface area (Å²) in [4.78, 5) is 19.9. The molecule has 0 unspecified atom stereocenters. The van der Waals surface area contributed by atoms with E-state index in [0.29, 0.717) is 24.6 Å². The molecule has 3 aromatic rings. The van der Waals surface area contributed by atoms with E-state index in [9.17, 15) is 4.79 Å². The lowest BCUT2D eigenvalue weighted by Crippen LogP contribution is -2.12. The minimum Gasteiger partial charge on any atom is -0.491 e. The van der Waals surface area contributed by atoms with E-state index in [1.165, 1.54) is 6.33 Å². The van der Waals surface area contributed by atoms with E-state index in [4.69, 9.17) is 14.8 Å². The van der Waals surface area contributed by atoms with E-state index in [2.05, 4.69) is 15.4 Å². The minimum atomic E-state index is -0.916. The van der Waals surface area contributed by atoms with Gasteiger partial charge < -0.3 is 19.7 Å². The summed E-state index contributed by atoms with van der Waals surface area (Å²) >= 11 is 0. The third kappa shape index (κ3) is 3.23. The molecule has 2 N–H and O–H groups in total. The van der Waals surface area contributed by atoms with Gasteiger partial charge in [0.15, 0.2) is 5.82 Å². The smallest absolute Gasteiger partial charge is 0.322 e. The van der Waals surface area contributed by atoms with E-state index < -0.39 is 5.97 Å². The number of hydrogen-bond donors (Lipinski definition) is 2. The number of aromatic nitrogens is 5. The van der Waals surface area contributed by atoms with Crippen molar-refractivity contribution in [2.24, 2.45) is 0 Å². The highest BCUT2D eigenvalue weighted by Gasteiger charge is 2.21. The Labute approximate surface area is 155 Å². The lowest BCUT2D eigenvalue weighted by atomic mass is 10.1. The van der Waals surface area contributed by atoms with Crippen LogP contribution in [0.25, 0.3) is 22.9 Å². The predicted molar refractivity (Wildman–Crippen MR) is 98.7 cm³/mol. The molecule has 9 heteroatoms. The van der Waals surface area contributed by atoms with Crippen molar-refractivity contribution in [3.05, 3.63) is 30.7 Å². The van der Waals surface area contributed by atoms with Gasteiger partial charge in [0, 0.05) is 24.0 Å². The number of rotatable bonds is 5. The molecular formula is C18H20N6O3. The monoisotopic (exact) mass is 368 g/mol. The number of imidazole rings is 1. The molecule has 1 aliphatic heterocycles. The molecule has 1 aromatic carbocycles. The summed E-state index contributed by atoms with van der Waals surface area (Å²) in [5, 5.41) is 16.0. The predicted octanol–water partition coefficient (Wildman–Crippen LogP) is 2.28. The van der Waals surface area contributed by atoms with Gasteiger partial charge in [-0.3, -0.25) is 4.79 Å². The van der Waals surface area contributed by atoms with Crippen molar-refractivity contribution in [1.29, 1.82) is 0 Å². The highest BCUT2D eigenvalue weighted by Crippen LogP contribution is 2.35. The van der Waals surface area contributed by atoms with E-state index in [1.54, 1.807) is 6.07 Å². The van der Waals surface area contributed by atoms with Crippen molar-refractivity contribution < 1.29 is 14.6 Å². The van der Waals surface area contributed by atoms with Crippen LogP contribution in [-0.4, -0.2) is 48.5 Å². The zero-order valence-electron chi connectivity index (χ0n) is 15.1. The number of carbonyl (C=O) groups is 1. The Morgan fingerprint density at radius 2 is 2.22 bits per heavy atom. The van der Waals surface area contributed by atoms with Crippen molar-refractivity contribution in [2.75, 3.05) is 18.5 Å². The van der Waals surface area contributed by atoms with Crippen LogP contribution in [0, 0.1) is 0 Å². The number of ether oxygens (including phenoxy) is 1. The number of hydrogen-bond acceptors (Lipinski definition) is 6. The van der Waals surface area contributed by atoms with E-state index in [1.807, 2.05) is 41.4 Å². The Hall–Kier alpha value is -3.36. The van der Waals surface area contributed by atoms with Crippen LogP contribution in [0.3, 0.4) is 0 Å². The topological polar surface area (TPSA) is 107 Å². The molecule has 0 atom stereocenters. The fourth-order valence-electron chi connectivity index (χ4n) is 3.09. The molecule has 0 spiro atoms. The second-order valence-corrected chi connectivity index (χ2v) is 6.57. The zero-order chi connectivity index (χ0) is 19.0. The Bertz CT molecular complexity index is 991. The Balaban J connectivity index is 1.72. The maximum absolute atomic E-state index is 10.8. The van der Waals surface area contributed by atoms with Gasteiger partial charge in [0.2, 0.25) is 0 Å². The summed E-state index contributed by atoms with van der Waals surface area (Å²) in [7, 11) is 0. The average Bonchev–Trinajstić information content (AvgIpc) is 3.24. The van der Waals surface area contributed by atoms with Gasteiger partial charge in [-0.15, -0.1) is 0 Å². The second-order valence-electron chi connectivity index (χ2n) is 6.57. The van der Waals surface area contributed by atoms with Gasteiger partial charge in [0.05, 0.1) is 12.1 Å². The van der Waals surface area contributed by atoms with Crippen LogP contribution in [-0.2, 0) is 11.3 Å². The van der Waals surface area contributed by atoms with Gasteiger partial charge in [0.25, 0.3) is 0 Å². The maximum atomic E-state index is 10.8. The van der Waals surface area contributed by atoms with Gasteiger partial charge in [-0.05, 0) is 26.0 Å². The second kappa shape index (κ2) is 6.75. The van der Waals surface area contributed by atoms with E-state index in [-0.39, 0.29) is 12.6 Å². The molecule has 0 aliphatic carbocycles. The van der Waals surface area contributed by atoms with Crippen LogP contribution in [0.15, 0.2) is 30.7 Å². The first kappa shape index (κ1) is 17.1. The summed E-state index contributed by atoms with van der Waals surface area (Å²) in [5.41, 5.74) is 2.31. The molecule has 3 heterocycles. The molecule has 0 amide bonds. The quantitative estimate of drug-likeness (QED) is 0.711. The van der Waals surface area contributed by atoms with Gasteiger partial charge >= 0.3 is 5.97 Å². The third-order valence-electron chi connectivity index (χ3n) is 4.32. The SMILES string of the molecule is CC(C)n1ncnc1-c1cn2c(n1)-c1ccc(NCC(=O)O)cc1OCC2. The molecule has 9 nitrogen and oxygen atoms in total. The molecule has 0 saturated heterocycles. The summed E-state index contributed by atoms with van der Waals surface area (Å²) in [6, 6.07) is 5.70. The molecule has 140 valence electrons.